The molecule has 0 spiro atoms. The molecule has 0 amide bonds. The maximum Gasteiger partial charge on any atom is 0.159 e. The van der Waals surface area contributed by atoms with Gasteiger partial charge < -0.3 is 5.32 Å². The van der Waals surface area contributed by atoms with Crippen LogP contribution < -0.4 is 5.32 Å². The maximum absolute atomic E-state index is 13.2. The van der Waals surface area contributed by atoms with Crippen LogP contribution in [0.5, 0.6) is 0 Å². The summed E-state index contributed by atoms with van der Waals surface area (Å²) in [6.07, 6.45) is 4.20. The summed E-state index contributed by atoms with van der Waals surface area (Å²) in [6, 6.07) is 6.21. The van der Waals surface area contributed by atoms with E-state index in [1.54, 1.807) is 12.3 Å². The lowest BCUT2D eigenvalue weighted by Crippen LogP contribution is -2.26. The van der Waals surface area contributed by atoms with Crippen molar-refractivity contribution in [2.45, 2.75) is 19.0 Å². The van der Waals surface area contributed by atoms with E-state index in [4.69, 9.17) is 0 Å². The fourth-order valence-corrected chi connectivity index (χ4v) is 2.58. The average molecular weight is 290 g/mol. The number of aromatic nitrogens is 2. The smallest absolute Gasteiger partial charge is 0.159 e. The monoisotopic (exact) mass is 290 g/mol. The molecule has 3 rings (SSSR count). The Balaban J connectivity index is 1.56. The van der Waals surface area contributed by atoms with Crippen molar-refractivity contribution in [3.63, 3.8) is 0 Å². The quantitative estimate of drug-likeness (QED) is 0.939. The SMILES string of the molecule is Fc1ccc(CN2CCC(Nc3ccncn3)C2)cc1F. The molecule has 1 saturated heterocycles. The van der Waals surface area contributed by atoms with E-state index in [1.807, 2.05) is 6.07 Å². The number of benzene rings is 1. The average Bonchev–Trinajstić information content (AvgIpc) is 2.91. The highest BCUT2D eigenvalue weighted by atomic mass is 19.2. The summed E-state index contributed by atoms with van der Waals surface area (Å²) in [7, 11) is 0. The summed E-state index contributed by atoms with van der Waals surface area (Å²) in [5, 5.41) is 3.35. The number of nitrogens with one attached hydrogen (secondary N) is 1. The summed E-state index contributed by atoms with van der Waals surface area (Å²) in [6.45, 7) is 2.39. The number of rotatable bonds is 4. The van der Waals surface area contributed by atoms with E-state index in [-0.39, 0.29) is 0 Å². The first-order valence-electron chi connectivity index (χ1n) is 6.89. The number of anilines is 1. The van der Waals surface area contributed by atoms with E-state index in [0.717, 1.165) is 30.9 Å². The summed E-state index contributed by atoms with van der Waals surface area (Å²) < 4.78 is 26.1. The van der Waals surface area contributed by atoms with Gasteiger partial charge in [0.2, 0.25) is 0 Å². The molecule has 21 heavy (non-hydrogen) atoms. The Bertz CT molecular complexity index is 606. The van der Waals surface area contributed by atoms with Crippen molar-refractivity contribution in [2.75, 3.05) is 18.4 Å². The highest BCUT2D eigenvalue weighted by Gasteiger charge is 2.22. The molecule has 2 aromatic rings. The van der Waals surface area contributed by atoms with E-state index < -0.39 is 11.6 Å². The first kappa shape index (κ1) is 13.9. The minimum absolute atomic E-state index is 0.310. The molecule has 1 fully saturated rings. The van der Waals surface area contributed by atoms with Crippen LogP contribution in [0.3, 0.4) is 0 Å². The molecule has 0 aliphatic carbocycles. The van der Waals surface area contributed by atoms with Crippen LogP contribution in [0, 0.1) is 11.6 Å². The lowest BCUT2D eigenvalue weighted by molar-refractivity contribution is 0.327. The third-order valence-corrected chi connectivity index (χ3v) is 3.60. The number of hydrogen-bond acceptors (Lipinski definition) is 4. The van der Waals surface area contributed by atoms with Crippen LogP contribution in [0.15, 0.2) is 36.8 Å². The third-order valence-electron chi connectivity index (χ3n) is 3.60. The van der Waals surface area contributed by atoms with Crippen molar-refractivity contribution in [1.29, 1.82) is 0 Å². The van der Waals surface area contributed by atoms with Crippen molar-refractivity contribution >= 4 is 5.82 Å². The number of nitrogens with zero attached hydrogens (tertiary/aromatic N) is 3. The molecule has 2 heterocycles. The zero-order valence-electron chi connectivity index (χ0n) is 11.5. The van der Waals surface area contributed by atoms with Crippen molar-refractivity contribution in [3.8, 4) is 0 Å². The van der Waals surface area contributed by atoms with E-state index in [0.29, 0.717) is 12.6 Å². The van der Waals surface area contributed by atoms with E-state index in [9.17, 15) is 8.78 Å². The molecular formula is C15H16F2N4. The molecule has 0 saturated carbocycles. The van der Waals surface area contributed by atoms with Gasteiger partial charge in [-0.25, -0.2) is 18.7 Å². The normalized spacial score (nSPS) is 18.9. The van der Waals surface area contributed by atoms with Crippen molar-refractivity contribution in [2.24, 2.45) is 0 Å². The molecule has 1 aromatic carbocycles. The van der Waals surface area contributed by atoms with Crippen LogP contribution in [0.2, 0.25) is 0 Å². The molecule has 0 radical (unpaired) electrons. The molecule has 1 aliphatic rings. The zero-order chi connectivity index (χ0) is 14.7. The lowest BCUT2D eigenvalue weighted by atomic mass is 10.2. The fraction of sp³-hybridized carbons (Fsp3) is 0.333. The minimum atomic E-state index is -0.802. The van der Waals surface area contributed by atoms with Crippen LogP contribution in [0.25, 0.3) is 0 Å². The van der Waals surface area contributed by atoms with Crippen LogP contribution in [-0.4, -0.2) is 34.0 Å². The maximum atomic E-state index is 13.2. The topological polar surface area (TPSA) is 41.0 Å². The standard InChI is InChI=1S/C15H16F2N4/c16-13-2-1-11(7-14(13)17)8-21-6-4-12(9-21)20-15-3-5-18-10-19-15/h1-3,5,7,10,12H,4,6,8-9H2,(H,18,19,20). The van der Waals surface area contributed by atoms with E-state index >= 15 is 0 Å². The van der Waals surface area contributed by atoms with Gasteiger partial charge in [-0.05, 0) is 30.2 Å². The Kier molecular flexibility index (Phi) is 4.06. The molecule has 1 unspecified atom stereocenters. The van der Waals surface area contributed by atoms with Crippen molar-refractivity contribution in [1.82, 2.24) is 14.9 Å². The Hall–Kier alpha value is -2.08. The number of halogens is 2. The molecule has 1 aromatic heterocycles. The van der Waals surface area contributed by atoms with Gasteiger partial charge in [0, 0.05) is 31.9 Å². The molecule has 1 N–H and O–H groups in total. The van der Waals surface area contributed by atoms with Gasteiger partial charge in [-0.1, -0.05) is 6.07 Å². The highest BCUT2D eigenvalue weighted by molar-refractivity contribution is 5.33. The van der Waals surface area contributed by atoms with E-state index in [1.165, 1.54) is 18.5 Å². The van der Waals surface area contributed by atoms with Gasteiger partial charge in [-0.3, -0.25) is 4.90 Å². The Morgan fingerprint density at radius 2 is 2.14 bits per heavy atom. The van der Waals surface area contributed by atoms with Crippen LogP contribution in [0.4, 0.5) is 14.6 Å². The zero-order valence-corrected chi connectivity index (χ0v) is 11.5. The Morgan fingerprint density at radius 3 is 2.90 bits per heavy atom. The predicted octanol–water partition coefficient (Wildman–Crippen LogP) is 2.44. The van der Waals surface area contributed by atoms with Gasteiger partial charge in [0.1, 0.15) is 12.1 Å². The second-order valence-electron chi connectivity index (χ2n) is 5.21. The van der Waals surface area contributed by atoms with Gasteiger partial charge in [-0.15, -0.1) is 0 Å². The predicted molar refractivity (Wildman–Crippen MR) is 75.7 cm³/mol. The van der Waals surface area contributed by atoms with Crippen LogP contribution in [-0.2, 0) is 6.54 Å². The van der Waals surface area contributed by atoms with Gasteiger partial charge >= 0.3 is 0 Å². The molecule has 6 heteroatoms. The molecule has 0 bridgehead atoms. The summed E-state index contributed by atoms with van der Waals surface area (Å²) in [4.78, 5) is 10.2. The van der Waals surface area contributed by atoms with Crippen molar-refractivity contribution in [3.05, 3.63) is 54.0 Å². The molecule has 4 nitrogen and oxygen atoms in total. The van der Waals surface area contributed by atoms with Gasteiger partial charge in [0.25, 0.3) is 0 Å². The molecular weight excluding hydrogens is 274 g/mol. The highest BCUT2D eigenvalue weighted by Crippen LogP contribution is 2.17. The summed E-state index contributed by atoms with van der Waals surface area (Å²) >= 11 is 0. The minimum Gasteiger partial charge on any atom is -0.366 e. The van der Waals surface area contributed by atoms with Crippen LogP contribution >= 0.6 is 0 Å². The van der Waals surface area contributed by atoms with Gasteiger partial charge in [-0.2, -0.15) is 0 Å². The van der Waals surface area contributed by atoms with Crippen LogP contribution in [0.1, 0.15) is 12.0 Å². The Morgan fingerprint density at radius 1 is 1.24 bits per heavy atom. The fourth-order valence-electron chi connectivity index (χ4n) is 2.58. The molecule has 1 aliphatic heterocycles. The Labute approximate surface area is 121 Å². The van der Waals surface area contributed by atoms with Gasteiger partial charge in [0.15, 0.2) is 11.6 Å². The van der Waals surface area contributed by atoms with E-state index in [2.05, 4.69) is 20.2 Å². The first-order chi connectivity index (χ1) is 10.2. The number of hydrogen-bond donors (Lipinski definition) is 1. The third kappa shape index (κ3) is 3.52. The lowest BCUT2D eigenvalue weighted by Gasteiger charge is -2.17. The van der Waals surface area contributed by atoms with Gasteiger partial charge in [0.05, 0.1) is 0 Å². The van der Waals surface area contributed by atoms with Crippen molar-refractivity contribution < 1.29 is 8.78 Å². The second-order valence-corrected chi connectivity index (χ2v) is 5.21. The second kappa shape index (κ2) is 6.13. The number of likely N-dealkylation sites (tertiary alicyclic amines) is 1. The first-order valence-corrected chi connectivity index (χ1v) is 6.89. The summed E-state index contributed by atoms with van der Waals surface area (Å²) in [5.74, 6) is -0.782. The summed E-state index contributed by atoms with van der Waals surface area (Å²) in [5.41, 5.74) is 0.789. The largest absolute Gasteiger partial charge is 0.366 e. The molecule has 1 atom stereocenters. The molecule has 110 valence electrons.